The zero-order chi connectivity index (χ0) is 42.3. The summed E-state index contributed by atoms with van der Waals surface area (Å²) < 4.78 is 4.45. The van der Waals surface area contributed by atoms with Crippen LogP contribution in [0.5, 0.6) is 0 Å². The van der Waals surface area contributed by atoms with E-state index in [4.69, 9.17) is 15.0 Å². The van der Waals surface area contributed by atoms with Crippen molar-refractivity contribution in [1.29, 1.82) is 0 Å². The Balaban J connectivity index is 1.08. The maximum absolute atomic E-state index is 5.11. The molecular weight excluding hydrogens is 775 g/mol. The minimum absolute atomic E-state index is 0.510. The van der Waals surface area contributed by atoms with Gasteiger partial charge >= 0.3 is 0 Å². The van der Waals surface area contributed by atoms with Crippen LogP contribution >= 0.6 is 0 Å². The predicted molar refractivity (Wildman–Crippen MR) is 257 cm³/mol. The van der Waals surface area contributed by atoms with Gasteiger partial charge in [-0.05, 0) is 85.4 Å². The number of aliphatic imine (C=N–C) groups is 2. The highest BCUT2D eigenvalue weighted by molar-refractivity contribution is 6.13. The van der Waals surface area contributed by atoms with Crippen molar-refractivity contribution >= 4 is 56.2 Å². The average Bonchev–Trinajstić information content (AvgIpc) is 3.87. The second kappa shape index (κ2) is 15.7. The Morgan fingerprint density at radius 1 is 0.476 bits per heavy atom. The first-order chi connectivity index (χ1) is 31.1. The van der Waals surface area contributed by atoms with Crippen molar-refractivity contribution in [3.05, 3.63) is 200 Å². The summed E-state index contributed by atoms with van der Waals surface area (Å²) in [7, 11) is 0. The molecule has 0 aliphatic rings. The van der Waals surface area contributed by atoms with Crippen LogP contribution in [0.1, 0.15) is 12.5 Å². The van der Waals surface area contributed by atoms with Crippen molar-refractivity contribution in [3.8, 4) is 56.9 Å². The summed E-state index contributed by atoms with van der Waals surface area (Å²) in [6, 6.07) is 58.6. The molecule has 0 fully saturated rings. The lowest BCUT2D eigenvalue weighted by Crippen LogP contribution is -2.06. The predicted octanol–water partition coefficient (Wildman–Crippen LogP) is 12.5. The van der Waals surface area contributed by atoms with Crippen LogP contribution in [-0.2, 0) is 0 Å². The van der Waals surface area contributed by atoms with Gasteiger partial charge in [0.2, 0.25) is 5.95 Å². The van der Waals surface area contributed by atoms with Gasteiger partial charge in [0.1, 0.15) is 0 Å². The molecule has 298 valence electrons. The van der Waals surface area contributed by atoms with Crippen molar-refractivity contribution in [3.63, 3.8) is 0 Å². The van der Waals surface area contributed by atoms with E-state index in [0.717, 1.165) is 82.7 Å². The lowest BCUT2D eigenvalue weighted by molar-refractivity contribution is 0.953. The molecule has 63 heavy (non-hydrogen) atoms. The van der Waals surface area contributed by atoms with E-state index in [1.165, 1.54) is 0 Å². The molecule has 7 aromatic carbocycles. The van der Waals surface area contributed by atoms with Gasteiger partial charge in [0.05, 0.1) is 22.1 Å². The molecule has 0 aliphatic carbocycles. The second-order valence-electron chi connectivity index (χ2n) is 15.1. The molecule has 0 amide bonds. The highest BCUT2D eigenvalue weighted by Gasteiger charge is 2.20. The number of hydrogen-bond acceptors (Lipinski definition) is 6. The number of benzene rings is 7. The molecule has 0 atom stereocenters. The number of para-hydroxylation sites is 2. The summed E-state index contributed by atoms with van der Waals surface area (Å²) in [6.07, 6.45) is 7.10. The molecule has 0 aliphatic heterocycles. The first kappa shape index (κ1) is 37.3. The van der Waals surface area contributed by atoms with Gasteiger partial charge in [0.25, 0.3) is 0 Å². The Morgan fingerprint density at radius 2 is 1.02 bits per heavy atom. The highest BCUT2D eigenvalue weighted by atomic mass is 15.2. The van der Waals surface area contributed by atoms with E-state index in [9.17, 15) is 0 Å². The lowest BCUT2D eigenvalue weighted by atomic mass is 10.0. The van der Waals surface area contributed by atoms with Gasteiger partial charge in [-0.1, -0.05) is 115 Å². The minimum Gasteiger partial charge on any atom is -0.309 e. The molecule has 4 aromatic heterocycles. The van der Waals surface area contributed by atoms with Crippen LogP contribution in [0.4, 0.5) is 0 Å². The summed E-state index contributed by atoms with van der Waals surface area (Å²) in [5.74, 6) is 2.91. The second-order valence-corrected chi connectivity index (χ2v) is 15.1. The molecule has 0 saturated carbocycles. The number of aromatic nitrogens is 7. The molecule has 9 nitrogen and oxygen atoms in total. The van der Waals surface area contributed by atoms with Crippen LogP contribution in [0.15, 0.2) is 205 Å². The van der Waals surface area contributed by atoms with E-state index in [0.29, 0.717) is 29.3 Å². The number of rotatable bonds is 8. The van der Waals surface area contributed by atoms with Gasteiger partial charge in [-0.15, -0.1) is 0 Å². The Hall–Kier alpha value is -8.69. The number of fused-ring (bicyclic) bond motifs is 6. The molecule has 0 radical (unpaired) electrons. The summed E-state index contributed by atoms with van der Waals surface area (Å²) in [5.41, 5.74) is 10.8. The summed E-state index contributed by atoms with van der Waals surface area (Å²) in [6.45, 7) is 5.77. The fraction of sp³-hybridized carbons (Fsp3) is 0.0185. The SMILES string of the molecule is C=NC(=N/C=C\C)c1cc(-c2ncccn2)cc(-n2c3ccccc3c3cc(-c4ccc5c(c4)c4ccccc4n5-c4nc(-c5ccccc5)nc(-c5ccccc5)n4)ccc32)c1. The van der Waals surface area contributed by atoms with Crippen molar-refractivity contribution in [2.45, 2.75) is 6.92 Å². The normalized spacial score (nSPS) is 12.0. The summed E-state index contributed by atoms with van der Waals surface area (Å²) in [4.78, 5) is 33.3. The Kier molecular flexibility index (Phi) is 9.32. The molecule has 0 N–H and O–H groups in total. The van der Waals surface area contributed by atoms with E-state index in [1.54, 1.807) is 18.6 Å². The van der Waals surface area contributed by atoms with E-state index in [2.05, 4.69) is 133 Å². The number of amidine groups is 1. The maximum atomic E-state index is 5.11. The van der Waals surface area contributed by atoms with E-state index in [1.807, 2.05) is 85.8 Å². The van der Waals surface area contributed by atoms with E-state index >= 15 is 0 Å². The van der Waals surface area contributed by atoms with Crippen LogP contribution < -0.4 is 0 Å². The molecular formula is C54H37N9. The highest BCUT2D eigenvalue weighted by Crippen LogP contribution is 2.39. The molecule has 11 aromatic rings. The lowest BCUT2D eigenvalue weighted by Gasteiger charge is -2.13. The van der Waals surface area contributed by atoms with E-state index < -0.39 is 0 Å². The fourth-order valence-electron chi connectivity index (χ4n) is 8.49. The fourth-order valence-corrected chi connectivity index (χ4v) is 8.49. The van der Waals surface area contributed by atoms with Gasteiger partial charge in [-0.2, -0.15) is 9.97 Å². The van der Waals surface area contributed by atoms with E-state index in [-0.39, 0.29) is 0 Å². The topological polar surface area (TPSA) is 99.0 Å². The maximum Gasteiger partial charge on any atom is 0.238 e. The summed E-state index contributed by atoms with van der Waals surface area (Å²) >= 11 is 0. The van der Waals surface area contributed by atoms with Crippen molar-refractivity contribution in [1.82, 2.24) is 34.1 Å². The summed E-state index contributed by atoms with van der Waals surface area (Å²) in [5, 5.41) is 4.48. The van der Waals surface area contributed by atoms with Gasteiger partial charge in [-0.25, -0.2) is 24.9 Å². The first-order valence-electron chi connectivity index (χ1n) is 20.7. The Morgan fingerprint density at radius 3 is 1.60 bits per heavy atom. The Labute approximate surface area is 362 Å². The zero-order valence-electron chi connectivity index (χ0n) is 34.2. The molecule has 0 bridgehead atoms. The number of allylic oxidation sites excluding steroid dienone is 1. The van der Waals surface area contributed by atoms with Gasteiger partial charge in [-0.3, -0.25) is 4.57 Å². The first-order valence-corrected chi connectivity index (χ1v) is 20.7. The van der Waals surface area contributed by atoms with Crippen LogP contribution in [-0.4, -0.2) is 46.6 Å². The zero-order valence-corrected chi connectivity index (χ0v) is 34.2. The minimum atomic E-state index is 0.510. The largest absolute Gasteiger partial charge is 0.309 e. The average molecular weight is 812 g/mol. The third kappa shape index (κ3) is 6.65. The van der Waals surface area contributed by atoms with Gasteiger partial charge in [0.15, 0.2) is 23.3 Å². The van der Waals surface area contributed by atoms with Crippen molar-refractivity contribution in [2.24, 2.45) is 9.98 Å². The quantitative estimate of drug-likeness (QED) is 0.112. The van der Waals surface area contributed by atoms with Gasteiger partial charge in [0, 0.05) is 68.1 Å². The molecule has 0 spiro atoms. The van der Waals surface area contributed by atoms with Crippen LogP contribution in [0.2, 0.25) is 0 Å². The molecule has 11 rings (SSSR count). The molecule has 0 saturated heterocycles. The Bertz CT molecular complexity index is 3530. The third-order valence-corrected chi connectivity index (χ3v) is 11.3. The van der Waals surface area contributed by atoms with Crippen LogP contribution in [0.3, 0.4) is 0 Å². The third-order valence-electron chi connectivity index (χ3n) is 11.3. The standard InChI is InChI=1S/C54H37N9/c1-3-27-56-50(55-2)39-30-40(51-57-28-14-29-58-51)32-41(31-39)62-46-21-12-10-19-42(46)44-33-37(23-25-48(44)62)38-24-26-49-45(34-38)43-20-11-13-22-47(43)63(49)54-60-52(35-15-6-4-7-16-35)59-53(61-54)36-17-8-5-9-18-36/h3-34H,2H2,1H3/b27-3-,56-50?. The van der Waals surface area contributed by atoms with Crippen LogP contribution in [0, 0.1) is 0 Å². The molecule has 0 unspecified atom stereocenters. The monoisotopic (exact) mass is 811 g/mol. The van der Waals surface area contributed by atoms with Crippen LogP contribution in [0.25, 0.3) is 101 Å². The number of nitrogens with zero attached hydrogens (tertiary/aromatic N) is 9. The molecule has 9 heteroatoms. The van der Waals surface area contributed by atoms with Gasteiger partial charge < -0.3 is 4.57 Å². The van der Waals surface area contributed by atoms with Crippen molar-refractivity contribution in [2.75, 3.05) is 0 Å². The van der Waals surface area contributed by atoms with Crippen molar-refractivity contribution < 1.29 is 0 Å². The smallest absolute Gasteiger partial charge is 0.238 e. The molecule has 4 heterocycles. The number of hydrogen-bond donors (Lipinski definition) is 0.